The van der Waals surface area contributed by atoms with Crippen LogP contribution in [0.3, 0.4) is 0 Å². The third-order valence-corrected chi connectivity index (χ3v) is 7.09. The van der Waals surface area contributed by atoms with Crippen molar-refractivity contribution < 1.29 is 4.42 Å². The molecule has 0 N–H and O–H groups in total. The molecule has 5 rings (SSSR count). The predicted octanol–water partition coefficient (Wildman–Crippen LogP) is 7.99. The first-order valence-electron chi connectivity index (χ1n) is 10.2. The Bertz CT molecular complexity index is 1210. The number of benzene rings is 3. The van der Waals surface area contributed by atoms with Gasteiger partial charge in [-0.2, -0.15) is 5.26 Å². The highest BCUT2D eigenvalue weighted by Crippen LogP contribution is 2.43. The zero-order chi connectivity index (χ0) is 19.8. The van der Waals surface area contributed by atoms with Gasteiger partial charge in [0.05, 0.1) is 45.9 Å². The van der Waals surface area contributed by atoms with Crippen molar-refractivity contribution >= 4 is 56.2 Å². The maximum absolute atomic E-state index is 9.06. The minimum absolute atomic E-state index is 0.602. The first-order valence-corrected chi connectivity index (χ1v) is 11.1. The van der Waals surface area contributed by atoms with Crippen molar-refractivity contribution in [2.45, 2.75) is 38.0 Å². The topological polar surface area (TPSA) is 40.2 Å². The van der Waals surface area contributed by atoms with Crippen LogP contribution in [0.5, 0.6) is 0 Å². The first-order chi connectivity index (χ1) is 14.3. The number of halogens is 1. The van der Waals surface area contributed by atoms with E-state index in [1.165, 1.54) is 43.1 Å². The Morgan fingerprint density at radius 3 is 2.28 bits per heavy atom. The molecule has 0 bridgehead atoms. The van der Waals surface area contributed by atoms with Gasteiger partial charge in [0.1, 0.15) is 5.58 Å². The van der Waals surface area contributed by atoms with Crippen LogP contribution < -0.4 is 3.11 Å². The van der Waals surface area contributed by atoms with Crippen molar-refractivity contribution in [3.05, 3.63) is 71.8 Å². The van der Waals surface area contributed by atoms with Gasteiger partial charge in [0.15, 0.2) is 5.58 Å². The highest BCUT2D eigenvalue weighted by molar-refractivity contribution is 14.1. The van der Waals surface area contributed by atoms with E-state index in [0.29, 0.717) is 11.5 Å². The zero-order valence-electron chi connectivity index (χ0n) is 16.1. The van der Waals surface area contributed by atoms with E-state index in [1.807, 2.05) is 24.3 Å². The largest absolute Gasteiger partial charge is 0.454 e. The van der Waals surface area contributed by atoms with E-state index in [9.17, 15) is 0 Å². The number of nitriles is 1. The smallest absolute Gasteiger partial charge is 0.159 e. The van der Waals surface area contributed by atoms with Crippen molar-refractivity contribution in [3.63, 3.8) is 0 Å². The zero-order valence-corrected chi connectivity index (χ0v) is 18.2. The highest BCUT2D eigenvalue weighted by atomic mass is 127. The molecular weight excluding hydrogens is 471 g/mol. The van der Waals surface area contributed by atoms with Gasteiger partial charge in [-0.15, -0.1) is 0 Å². The van der Waals surface area contributed by atoms with Crippen LogP contribution in [0.15, 0.2) is 65.1 Å². The van der Waals surface area contributed by atoms with Crippen LogP contribution in [-0.2, 0) is 0 Å². The molecule has 4 heteroatoms. The van der Waals surface area contributed by atoms with E-state index >= 15 is 0 Å². The average molecular weight is 492 g/mol. The summed E-state index contributed by atoms with van der Waals surface area (Å²) < 4.78 is 8.66. The molecule has 1 aliphatic carbocycles. The second-order valence-electron chi connectivity index (χ2n) is 7.75. The number of nitrogens with zero attached hydrogens (tertiary/aromatic N) is 2. The Kier molecular flexibility index (Phi) is 4.92. The number of fused-ring (bicyclic) bond motifs is 3. The van der Waals surface area contributed by atoms with Gasteiger partial charge in [-0.1, -0.05) is 49.6 Å². The molecule has 1 fully saturated rings. The number of hydrogen-bond donors (Lipinski definition) is 0. The fourth-order valence-electron chi connectivity index (χ4n) is 4.52. The fraction of sp³-hybridized carbons (Fsp3) is 0.240. The molecule has 0 aliphatic heterocycles. The number of hydrogen-bond acceptors (Lipinski definition) is 3. The average Bonchev–Trinajstić information content (AvgIpc) is 3.18. The first kappa shape index (κ1) is 18.5. The monoisotopic (exact) mass is 492 g/mol. The molecule has 29 heavy (non-hydrogen) atoms. The van der Waals surface area contributed by atoms with E-state index in [-0.39, 0.29) is 0 Å². The van der Waals surface area contributed by atoms with E-state index in [1.54, 1.807) is 0 Å². The molecule has 4 aromatic rings. The molecule has 0 spiro atoms. The summed E-state index contributed by atoms with van der Waals surface area (Å²) in [6.07, 6.45) is 6.49. The Morgan fingerprint density at radius 1 is 0.862 bits per heavy atom. The Hall–Kier alpha value is -2.52. The Morgan fingerprint density at radius 2 is 1.55 bits per heavy atom. The van der Waals surface area contributed by atoms with Crippen LogP contribution in [0, 0.1) is 11.3 Å². The van der Waals surface area contributed by atoms with Crippen molar-refractivity contribution in [1.82, 2.24) is 0 Å². The van der Waals surface area contributed by atoms with Gasteiger partial charge in [-0.3, -0.25) is 3.11 Å². The quantitative estimate of drug-likeness (QED) is 0.215. The molecule has 1 heterocycles. The maximum Gasteiger partial charge on any atom is 0.159 e. The molecule has 0 radical (unpaired) electrons. The molecule has 0 atom stereocenters. The number of para-hydroxylation sites is 2. The van der Waals surface area contributed by atoms with Crippen LogP contribution in [0.2, 0.25) is 0 Å². The summed E-state index contributed by atoms with van der Waals surface area (Å²) in [6.45, 7) is 0. The highest BCUT2D eigenvalue weighted by Gasteiger charge is 2.22. The normalized spacial score (nSPS) is 14.9. The minimum Gasteiger partial charge on any atom is -0.454 e. The molecule has 0 amide bonds. The molecule has 0 unspecified atom stereocenters. The molecule has 3 aromatic carbocycles. The number of anilines is 2. The molecular formula is C25H21IN2O. The van der Waals surface area contributed by atoms with Crippen molar-refractivity contribution in [1.29, 1.82) is 5.26 Å². The molecule has 1 aliphatic rings. The molecule has 3 nitrogen and oxygen atoms in total. The standard InChI is InChI=1S/C25H21IN2O/c26-28(19-14-12-17(16-27)13-15-19)23-11-5-10-22-21-9-4-8-20(24(21)29-25(22)23)18-6-2-1-3-7-18/h4-5,8-15,18H,1-3,6-7H2. The lowest BCUT2D eigenvalue weighted by Gasteiger charge is -2.21. The number of rotatable bonds is 3. The predicted molar refractivity (Wildman–Crippen MR) is 127 cm³/mol. The Labute approximate surface area is 184 Å². The van der Waals surface area contributed by atoms with E-state index in [0.717, 1.165) is 27.9 Å². The second-order valence-corrected chi connectivity index (χ2v) is 8.72. The summed E-state index contributed by atoms with van der Waals surface area (Å²) in [4.78, 5) is 0. The van der Waals surface area contributed by atoms with Gasteiger partial charge in [0, 0.05) is 10.8 Å². The lowest BCUT2D eigenvalue weighted by atomic mass is 9.83. The summed E-state index contributed by atoms with van der Waals surface area (Å²) in [6, 6.07) is 22.8. The van der Waals surface area contributed by atoms with E-state index < -0.39 is 0 Å². The van der Waals surface area contributed by atoms with Crippen molar-refractivity contribution in [2.75, 3.05) is 3.11 Å². The molecule has 1 aromatic heterocycles. The molecule has 1 saturated carbocycles. The van der Waals surface area contributed by atoms with Crippen LogP contribution in [0.1, 0.15) is 49.1 Å². The minimum atomic E-state index is 0.602. The lowest BCUT2D eigenvalue weighted by Crippen LogP contribution is -2.04. The molecule has 144 valence electrons. The van der Waals surface area contributed by atoms with Crippen molar-refractivity contribution in [3.8, 4) is 6.07 Å². The Balaban J connectivity index is 1.64. The van der Waals surface area contributed by atoms with Crippen LogP contribution in [0.25, 0.3) is 21.9 Å². The third-order valence-electron chi connectivity index (χ3n) is 6.01. The second kappa shape index (κ2) is 7.72. The SMILES string of the molecule is N#Cc1ccc(N(I)c2cccc3c2oc2c(C4CCCCC4)cccc23)cc1. The van der Waals surface area contributed by atoms with Crippen molar-refractivity contribution in [2.24, 2.45) is 0 Å². The maximum atomic E-state index is 9.06. The van der Waals surface area contributed by atoms with Gasteiger partial charge in [-0.05, 0) is 54.7 Å². The molecule has 0 saturated heterocycles. The third kappa shape index (κ3) is 3.28. The van der Waals surface area contributed by atoms with Gasteiger partial charge >= 0.3 is 0 Å². The summed E-state index contributed by atoms with van der Waals surface area (Å²) in [7, 11) is 0. The van der Waals surface area contributed by atoms with E-state index in [2.05, 4.69) is 68.4 Å². The van der Waals surface area contributed by atoms with Gasteiger partial charge < -0.3 is 4.42 Å². The summed E-state index contributed by atoms with van der Waals surface area (Å²) in [5, 5.41) is 11.4. The van der Waals surface area contributed by atoms with Crippen LogP contribution in [0.4, 0.5) is 11.4 Å². The van der Waals surface area contributed by atoms with Crippen LogP contribution >= 0.6 is 22.9 Å². The van der Waals surface area contributed by atoms with Gasteiger partial charge in [0.2, 0.25) is 0 Å². The summed E-state index contributed by atoms with van der Waals surface area (Å²) in [5.74, 6) is 0.602. The van der Waals surface area contributed by atoms with E-state index in [4.69, 9.17) is 9.68 Å². The lowest BCUT2D eigenvalue weighted by molar-refractivity contribution is 0.442. The van der Waals surface area contributed by atoms with Gasteiger partial charge in [0.25, 0.3) is 0 Å². The number of furan rings is 1. The fourth-order valence-corrected chi connectivity index (χ4v) is 5.22. The van der Waals surface area contributed by atoms with Crippen LogP contribution in [-0.4, -0.2) is 0 Å². The summed E-state index contributed by atoms with van der Waals surface area (Å²) in [5.41, 5.74) is 6.04. The van der Waals surface area contributed by atoms with Gasteiger partial charge in [-0.25, -0.2) is 0 Å². The summed E-state index contributed by atoms with van der Waals surface area (Å²) >= 11 is 2.31.